The first-order chi connectivity index (χ1) is 22.4. The van der Waals surface area contributed by atoms with Crippen molar-refractivity contribution < 1.29 is 32.2 Å². The van der Waals surface area contributed by atoms with Gasteiger partial charge in [-0.3, -0.25) is 14.2 Å². The molecule has 1 aliphatic heterocycles. The van der Waals surface area contributed by atoms with E-state index in [0.29, 0.717) is 24.8 Å². The maximum Gasteiger partial charge on any atom is 0.410 e. The minimum Gasteiger partial charge on any atom is -0.477 e. The summed E-state index contributed by atoms with van der Waals surface area (Å²) in [5, 5.41) is 8.57. The van der Waals surface area contributed by atoms with Gasteiger partial charge in [-0.15, -0.1) is 5.10 Å². The standard InChI is InChI=1S/C32H41ClF3N7O4S.CH4/c1-29(2,3)47-28(45)42-19-21(17-30(42,4)5)7-6-14-41-20-22(18-37-41)48-40-27(44)23-8-9-24(38-26(23)33)43-15-10-25(39-43)46-16-13-31(11-12-31)32(34,35)36;/h8-10,15,18,20-21H,6-7,11-14,16-17,19H2,1-5H3,(H,40,44);1H4. The van der Waals surface area contributed by atoms with Gasteiger partial charge in [-0.25, -0.2) is 14.5 Å². The maximum atomic E-state index is 13.1. The Labute approximate surface area is 294 Å². The molecule has 1 unspecified atom stereocenters. The molecule has 0 aromatic carbocycles. The zero-order chi connectivity index (χ0) is 34.9. The predicted molar refractivity (Wildman–Crippen MR) is 181 cm³/mol. The first-order valence-corrected chi connectivity index (χ1v) is 17.1. The lowest BCUT2D eigenvalue weighted by Gasteiger charge is -2.33. The Morgan fingerprint density at radius 1 is 1.16 bits per heavy atom. The Balaban J connectivity index is 0.00000541. The van der Waals surface area contributed by atoms with Crippen molar-refractivity contribution in [2.75, 3.05) is 13.2 Å². The SMILES string of the molecule is C.CC(C)(C)OC(=O)N1CC(CCCn2cc(SNC(=O)c3ccc(-n4ccc(OCCC5(C(F)(F)F)CC5)n4)nc3Cl)cn2)CC1(C)C. The molecule has 2 aliphatic rings. The number of hydrogen-bond acceptors (Lipinski definition) is 8. The molecule has 3 aromatic rings. The highest BCUT2D eigenvalue weighted by molar-refractivity contribution is 7.98. The number of hydrogen-bond donors (Lipinski definition) is 1. The molecule has 0 radical (unpaired) electrons. The average Bonchev–Trinajstić information content (AvgIpc) is 3.28. The Bertz CT molecular complexity index is 1620. The van der Waals surface area contributed by atoms with Gasteiger partial charge in [0.05, 0.1) is 28.7 Å². The van der Waals surface area contributed by atoms with E-state index in [-0.39, 0.29) is 61.5 Å². The first-order valence-electron chi connectivity index (χ1n) is 15.9. The van der Waals surface area contributed by atoms with E-state index < -0.39 is 23.1 Å². The van der Waals surface area contributed by atoms with Gasteiger partial charge in [0.25, 0.3) is 5.91 Å². The number of pyridine rings is 1. The van der Waals surface area contributed by atoms with Crippen molar-refractivity contribution in [3.8, 4) is 11.7 Å². The third-order valence-corrected chi connectivity index (χ3v) is 9.63. The average molecular weight is 728 g/mol. The summed E-state index contributed by atoms with van der Waals surface area (Å²) in [4.78, 5) is 32.4. The molecule has 1 saturated heterocycles. The third kappa shape index (κ3) is 9.62. The summed E-state index contributed by atoms with van der Waals surface area (Å²) < 4.78 is 56.4. The Kier molecular flexibility index (Phi) is 11.6. The summed E-state index contributed by atoms with van der Waals surface area (Å²) in [6, 6.07) is 4.59. The number of rotatable bonds is 12. The fourth-order valence-corrected chi connectivity index (χ4v) is 6.68. The number of carbonyl (C=O) groups excluding carboxylic acids is 2. The van der Waals surface area contributed by atoms with Gasteiger partial charge in [0.2, 0.25) is 5.88 Å². The molecule has 11 nitrogen and oxygen atoms in total. The van der Waals surface area contributed by atoms with Crippen LogP contribution in [0.3, 0.4) is 0 Å². The maximum absolute atomic E-state index is 13.1. The molecular formula is C33H45ClF3N7O4S. The van der Waals surface area contributed by atoms with E-state index in [2.05, 4.69) is 33.8 Å². The number of likely N-dealkylation sites (tertiary alicyclic amines) is 1. The summed E-state index contributed by atoms with van der Waals surface area (Å²) >= 11 is 7.43. The molecule has 2 amide bonds. The smallest absolute Gasteiger partial charge is 0.410 e. The van der Waals surface area contributed by atoms with E-state index in [0.717, 1.165) is 36.1 Å². The first kappa shape index (κ1) is 38.3. The van der Waals surface area contributed by atoms with Gasteiger partial charge in [0, 0.05) is 37.1 Å². The number of halogens is 4. The molecule has 49 heavy (non-hydrogen) atoms. The van der Waals surface area contributed by atoms with Crippen molar-refractivity contribution in [1.29, 1.82) is 0 Å². The molecule has 16 heteroatoms. The number of nitrogens with one attached hydrogen (secondary N) is 1. The number of carbonyl (C=O) groups is 2. The topological polar surface area (TPSA) is 116 Å². The lowest BCUT2D eigenvalue weighted by molar-refractivity contribution is -0.190. The number of nitrogens with zero attached hydrogens (tertiary/aromatic N) is 6. The number of ether oxygens (including phenoxy) is 2. The van der Waals surface area contributed by atoms with Crippen LogP contribution in [0.4, 0.5) is 18.0 Å². The Morgan fingerprint density at radius 3 is 2.55 bits per heavy atom. The molecule has 1 saturated carbocycles. The van der Waals surface area contributed by atoms with Crippen molar-refractivity contribution in [3.63, 3.8) is 0 Å². The van der Waals surface area contributed by atoms with Crippen LogP contribution in [0.5, 0.6) is 5.88 Å². The fourth-order valence-electron chi connectivity index (χ4n) is 5.85. The zero-order valence-corrected chi connectivity index (χ0v) is 29.2. The van der Waals surface area contributed by atoms with E-state index in [1.807, 2.05) is 36.5 Å². The summed E-state index contributed by atoms with van der Waals surface area (Å²) in [6.07, 6.45) is 3.43. The van der Waals surface area contributed by atoms with Crippen LogP contribution in [-0.4, -0.2) is 71.9 Å². The summed E-state index contributed by atoms with van der Waals surface area (Å²) in [5.41, 5.74) is -2.28. The summed E-state index contributed by atoms with van der Waals surface area (Å²) in [7, 11) is 0. The van der Waals surface area contributed by atoms with Crippen LogP contribution in [0.15, 0.2) is 41.7 Å². The second kappa shape index (κ2) is 14.8. The lowest BCUT2D eigenvalue weighted by Crippen LogP contribution is -2.45. The highest BCUT2D eigenvalue weighted by Gasteiger charge is 2.62. The van der Waals surface area contributed by atoms with E-state index in [4.69, 9.17) is 21.1 Å². The molecule has 2 fully saturated rings. The second-order valence-electron chi connectivity index (χ2n) is 14.1. The van der Waals surface area contributed by atoms with E-state index in [1.54, 1.807) is 18.5 Å². The van der Waals surface area contributed by atoms with Crippen molar-refractivity contribution in [1.82, 2.24) is 34.2 Å². The molecule has 5 rings (SSSR count). The molecular weight excluding hydrogens is 683 g/mol. The minimum atomic E-state index is -4.23. The largest absolute Gasteiger partial charge is 0.477 e. The molecule has 3 aromatic heterocycles. The molecule has 4 heterocycles. The van der Waals surface area contributed by atoms with Gasteiger partial charge in [0.1, 0.15) is 10.8 Å². The van der Waals surface area contributed by atoms with Gasteiger partial charge in [-0.05, 0) is 103 Å². The third-order valence-electron chi connectivity index (χ3n) is 8.61. The van der Waals surface area contributed by atoms with Crippen molar-refractivity contribution >= 4 is 35.5 Å². The second-order valence-corrected chi connectivity index (χ2v) is 15.3. The van der Waals surface area contributed by atoms with Gasteiger partial charge < -0.3 is 14.4 Å². The van der Waals surface area contributed by atoms with Gasteiger partial charge in [-0.1, -0.05) is 19.0 Å². The van der Waals surface area contributed by atoms with Crippen LogP contribution in [0.1, 0.15) is 90.9 Å². The van der Waals surface area contributed by atoms with E-state index in [1.165, 1.54) is 16.8 Å². The van der Waals surface area contributed by atoms with Gasteiger partial charge in [-0.2, -0.15) is 18.3 Å². The van der Waals surface area contributed by atoms with Crippen LogP contribution in [-0.2, 0) is 11.3 Å². The Hall–Kier alpha value is -3.46. The van der Waals surface area contributed by atoms with Crippen molar-refractivity contribution in [3.05, 3.63) is 47.5 Å². The van der Waals surface area contributed by atoms with Gasteiger partial charge in [0.15, 0.2) is 5.82 Å². The Morgan fingerprint density at radius 2 is 1.90 bits per heavy atom. The summed E-state index contributed by atoms with van der Waals surface area (Å²) in [6.45, 7) is 11.0. The molecule has 1 aliphatic carbocycles. The number of aromatic nitrogens is 5. The molecule has 270 valence electrons. The highest BCUT2D eigenvalue weighted by atomic mass is 35.5. The van der Waals surface area contributed by atoms with Crippen molar-refractivity contribution in [2.24, 2.45) is 11.3 Å². The van der Waals surface area contributed by atoms with Crippen LogP contribution in [0.2, 0.25) is 5.15 Å². The normalized spacial score (nSPS) is 18.1. The van der Waals surface area contributed by atoms with E-state index >= 15 is 0 Å². The molecule has 0 bridgehead atoms. The van der Waals surface area contributed by atoms with Crippen LogP contribution in [0.25, 0.3) is 5.82 Å². The van der Waals surface area contributed by atoms with Crippen LogP contribution in [0, 0.1) is 11.3 Å². The number of aryl methyl sites for hydroxylation is 1. The summed E-state index contributed by atoms with van der Waals surface area (Å²) in [5.74, 6) is 0.402. The molecule has 1 N–H and O–H groups in total. The lowest BCUT2D eigenvalue weighted by atomic mass is 9.93. The number of alkyl halides is 3. The van der Waals surface area contributed by atoms with Crippen molar-refractivity contribution in [2.45, 2.75) is 109 Å². The zero-order valence-electron chi connectivity index (χ0n) is 27.6. The van der Waals surface area contributed by atoms with Crippen LogP contribution < -0.4 is 9.46 Å². The number of amides is 2. The van der Waals surface area contributed by atoms with Gasteiger partial charge >= 0.3 is 12.3 Å². The molecule has 1 atom stereocenters. The molecule has 0 spiro atoms. The minimum absolute atomic E-state index is 0. The van der Waals surface area contributed by atoms with Crippen LogP contribution >= 0.6 is 23.5 Å². The quantitative estimate of drug-likeness (QED) is 0.147. The fraction of sp³-hybridized carbons (Fsp3) is 0.606. The monoisotopic (exact) mass is 727 g/mol. The highest BCUT2D eigenvalue weighted by Crippen LogP contribution is 2.59. The predicted octanol–water partition coefficient (Wildman–Crippen LogP) is 8.12. The van der Waals surface area contributed by atoms with E-state index in [9.17, 15) is 22.8 Å².